The van der Waals surface area contributed by atoms with E-state index in [1.165, 1.54) is 71.9 Å². The van der Waals surface area contributed by atoms with E-state index < -0.39 is 0 Å². The van der Waals surface area contributed by atoms with Crippen molar-refractivity contribution >= 4 is 54.9 Å². The van der Waals surface area contributed by atoms with Gasteiger partial charge >= 0.3 is 0 Å². The molecule has 1 aliphatic heterocycles. The van der Waals surface area contributed by atoms with Gasteiger partial charge in [0.1, 0.15) is 5.69 Å². The van der Waals surface area contributed by atoms with Gasteiger partial charge in [0.2, 0.25) is 0 Å². The van der Waals surface area contributed by atoms with Gasteiger partial charge in [0.05, 0.1) is 16.7 Å². The van der Waals surface area contributed by atoms with Crippen molar-refractivity contribution in [2.45, 2.75) is 40.0 Å². The van der Waals surface area contributed by atoms with Crippen LogP contribution in [0.25, 0.3) is 76.9 Å². The number of nitrogens with zero attached hydrogens (tertiary/aromatic N) is 3. The summed E-state index contributed by atoms with van der Waals surface area (Å²) in [6.07, 6.45) is 11.8. The smallest absolute Gasteiger partial charge is 0.164 e. The highest BCUT2D eigenvalue weighted by molar-refractivity contribution is 6.10. The minimum atomic E-state index is 0.189. The van der Waals surface area contributed by atoms with Crippen LogP contribution in [0.2, 0.25) is 0 Å². The van der Waals surface area contributed by atoms with Crippen molar-refractivity contribution in [2.75, 3.05) is 4.90 Å². The molecule has 1 aliphatic carbocycles. The molecule has 0 spiro atoms. The summed E-state index contributed by atoms with van der Waals surface area (Å²) in [6, 6.07) is 54.7. The highest BCUT2D eigenvalue weighted by Crippen LogP contribution is 2.58. The Kier molecular flexibility index (Phi) is 9.22. The molecule has 11 rings (SSSR count). The number of rotatable bonds is 4. The molecule has 1 aromatic heterocycles. The Labute approximate surface area is 346 Å². The average molecular weight is 760 g/mol. The van der Waals surface area contributed by atoms with Gasteiger partial charge in [-0.2, -0.15) is 0 Å². The van der Waals surface area contributed by atoms with Crippen LogP contribution in [-0.2, 0) is 0 Å². The minimum absolute atomic E-state index is 0.189. The van der Waals surface area contributed by atoms with E-state index in [1.807, 2.05) is 26.0 Å². The largest absolute Gasteiger partial charge is 0.296 e. The Morgan fingerprint density at radius 3 is 1.97 bits per heavy atom. The van der Waals surface area contributed by atoms with Crippen LogP contribution in [0.1, 0.15) is 42.9 Å². The van der Waals surface area contributed by atoms with Crippen molar-refractivity contribution in [2.24, 2.45) is 0 Å². The molecule has 0 amide bonds. The Morgan fingerprint density at radius 1 is 0.593 bits per heavy atom. The molecule has 0 radical (unpaired) electrons. The first-order chi connectivity index (χ1) is 29.0. The number of hydrogen-bond donors (Lipinski definition) is 0. The Morgan fingerprint density at radius 2 is 1.22 bits per heavy atom. The molecule has 3 heteroatoms. The van der Waals surface area contributed by atoms with Gasteiger partial charge in [-0.25, -0.2) is 9.97 Å². The van der Waals surface area contributed by atoms with Gasteiger partial charge in [-0.05, 0) is 118 Å². The maximum atomic E-state index is 5.71. The monoisotopic (exact) mass is 759 g/mol. The fourth-order valence-electron chi connectivity index (χ4n) is 9.25. The summed E-state index contributed by atoms with van der Waals surface area (Å²) < 4.78 is 0. The van der Waals surface area contributed by atoms with Crippen LogP contribution in [0.4, 0.5) is 11.5 Å². The number of anilines is 2. The van der Waals surface area contributed by atoms with E-state index in [2.05, 4.69) is 189 Å². The molecule has 1 unspecified atom stereocenters. The zero-order chi connectivity index (χ0) is 40.0. The summed E-state index contributed by atoms with van der Waals surface area (Å²) >= 11 is 0. The first-order valence-electron chi connectivity index (χ1n) is 20.7. The number of allylic oxidation sites excluding steroid dienone is 6. The Hall–Kier alpha value is -7.10. The van der Waals surface area contributed by atoms with Gasteiger partial charge in [0.25, 0.3) is 0 Å². The maximum Gasteiger partial charge on any atom is 0.164 e. The molecule has 2 heterocycles. The maximum absolute atomic E-state index is 5.71. The van der Waals surface area contributed by atoms with Crippen LogP contribution in [0.3, 0.4) is 0 Å². The van der Waals surface area contributed by atoms with Gasteiger partial charge in [-0.15, -0.1) is 0 Å². The molecule has 0 bridgehead atoms. The van der Waals surface area contributed by atoms with Gasteiger partial charge in [0.15, 0.2) is 5.82 Å². The molecule has 0 saturated carbocycles. The normalized spacial score (nSPS) is 14.5. The summed E-state index contributed by atoms with van der Waals surface area (Å²) in [5.41, 5.74) is 15.0. The Balaban J connectivity index is 0.00000101. The van der Waals surface area contributed by atoms with Crippen molar-refractivity contribution in [1.82, 2.24) is 9.97 Å². The molecular weight excluding hydrogens is 715 g/mol. The molecule has 9 aromatic rings. The number of hydrogen-bond acceptors (Lipinski definition) is 3. The second-order valence-corrected chi connectivity index (χ2v) is 15.6. The van der Waals surface area contributed by atoms with Crippen molar-refractivity contribution in [3.05, 3.63) is 204 Å². The average Bonchev–Trinajstić information content (AvgIpc) is 3.65. The molecular formula is C56H45N3. The van der Waals surface area contributed by atoms with Crippen molar-refractivity contribution < 1.29 is 0 Å². The van der Waals surface area contributed by atoms with E-state index in [0.29, 0.717) is 0 Å². The molecule has 0 N–H and O–H groups in total. The lowest BCUT2D eigenvalue weighted by atomic mass is 9.83. The van der Waals surface area contributed by atoms with Crippen molar-refractivity contribution in [3.63, 3.8) is 0 Å². The standard InChI is InChI=1S/C52H37N3.C4H8/c1-32-30-38-17-6-7-18-39(38)31-44(32)47-33(2)51-48(42-21-11-10-20-41(42)47)43-22-12-13-23-46(43)55(51)52-49(37-26-24-35(25-27-37)34-14-4-3-5-15-34)53-45-29-28-36-16-8-9-19-40(36)50(45)54-52;1-3-4-2/h3-21,23-31,43H,22H2,1-2H3;3-4H,1-2H3/b;4-3-. The minimum Gasteiger partial charge on any atom is -0.296 e. The van der Waals surface area contributed by atoms with E-state index in [0.717, 1.165) is 45.3 Å². The predicted octanol–water partition coefficient (Wildman–Crippen LogP) is 15.4. The molecule has 8 aromatic carbocycles. The van der Waals surface area contributed by atoms with E-state index in [9.17, 15) is 0 Å². The van der Waals surface area contributed by atoms with Gasteiger partial charge in [-0.1, -0.05) is 164 Å². The first-order valence-corrected chi connectivity index (χ1v) is 20.7. The SMILES string of the molecule is C/C=C\C.Cc1cc2ccccc2cc1-c1c(C)c2c(c3ccccc13)C1CC=CC=C1N2c1nc2c(ccc3ccccc32)nc1-c1ccc(-c2ccccc2)cc1. The van der Waals surface area contributed by atoms with Crippen molar-refractivity contribution in [1.29, 1.82) is 0 Å². The van der Waals surface area contributed by atoms with E-state index in [4.69, 9.17) is 9.97 Å². The third kappa shape index (κ3) is 6.13. The summed E-state index contributed by atoms with van der Waals surface area (Å²) in [6.45, 7) is 8.58. The molecule has 1 atom stereocenters. The molecule has 59 heavy (non-hydrogen) atoms. The lowest BCUT2D eigenvalue weighted by Crippen LogP contribution is -2.18. The summed E-state index contributed by atoms with van der Waals surface area (Å²) in [7, 11) is 0. The van der Waals surface area contributed by atoms with Gasteiger partial charge in [-0.3, -0.25) is 4.90 Å². The highest BCUT2D eigenvalue weighted by atomic mass is 15.2. The number of aromatic nitrogens is 2. The third-order valence-electron chi connectivity index (χ3n) is 12.1. The predicted molar refractivity (Wildman–Crippen MR) is 251 cm³/mol. The zero-order valence-electron chi connectivity index (χ0n) is 33.9. The molecule has 0 fully saturated rings. The lowest BCUT2D eigenvalue weighted by molar-refractivity contribution is 0.822. The zero-order valence-corrected chi connectivity index (χ0v) is 33.9. The number of fused-ring (bicyclic) bond motifs is 9. The molecule has 2 aliphatic rings. The van der Waals surface area contributed by atoms with E-state index in [1.54, 1.807) is 0 Å². The molecule has 0 saturated heterocycles. The second-order valence-electron chi connectivity index (χ2n) is 15.6. The Bertz CT molecular complexity index is 3170. The van der Waals surface area contributed by atoms with Crippen LogP contribution in [0.15, 0.2) is 188 Å². The van der Waals surface area contributed by atoms with Crippen LogP contribution < -0.4 is 4.90 Å². The number of benzene rings is 8. The van der Waals surface area contributed by atoms with Gasteiger partial charge < -0.3 is 0 Å². The van der Waals surface area contributed by atoms with E-state index >= 15 is 0 Å². The van der Waals surface area contributed by atoms with Gasteiger partial charge in [0, 0.05) is 22.6 Å². The van der Waals surface area contributed by atoms with Crippen LogP contribution >= 0.6 is 0 Å². The van der Waals surface area contributed by atoms with Crippen LogP contribution in [0.5, 0.6) is 0 Å². The topological polar surface area (TPSA) is 29.0 Å². The van der Waals surface area contributed by atoms with Crippen molar-refractivity contribution in [3.8, 4) is 33.5 Å². The molecule has 3 nitrogen and oxygen atoms in total. The third-order valence-corrected chi connectivity index (χ3v) is 12.1. The quantitative estimate of drug-likeness (QED) is 0.132. The summed E-state index contributed by atoms with van der Waals surface area (Å²) in [4.78, 5) is 13.7. The molecule has 284 valence electrons. The summed E-state index contributed by atoms with van der Waals surface area (Å²) in [5, 5.41) is 7.37. The first kappa shape index (κ1) is 36.3. The number of aryl methyl sites for hydroxylation is 1. The fourth-order valence-corrected chi connectivity index (χ4v) is 9.25. The fraction of sp³-hybridized carbons (Fsp3) is 0.107. The summed E-state index contributed by atoms with van der Waals surface area (Å²) in [5.74, 6) is 1.05. The van der Waals surface area contributed by atoms with E-state index in [-0.39, 0.29) is 5.92 Å². The van der Waals surface area contributed by atoms with Crippen LogP contribution in [-0.4, -0.2) is 9.97 Å². The highest BCUT2D eigenvalue weighted by Gasteiger charge is 2.41. The second kappa shape index (κ2) is 15.0. The lowest BCUT2D eigenvalue weighted by Gasteiger charge is -2.27. The van der Waals surface area contributed by atoms with Crippen LogP contribution in [0, 0.1) is 13.8 Å².